The zero-order valence-electron chi connectivity index (χ0n) is 13.4. The second-order valence-electron chi connectivity index (χ2n) is 5.56. The molecule has 0 fully saturated rings. The number of hydrogen-bond acceptors (Lipinski definition) is 4. The van der Waals surface area contributed by atoms with Crippen molar-refractivity contribution in [3.63, 3.8) is 0 Å². The van der Waals surface area contributed by atoms with Gasteiger partial charge in [-0.05, 0) is 24.3 Å². The van der Waals surface area contributed by atoms with Gasteiger partial charge in [-0.2, -0.15) is 13.2 Å². The summed E-state index contributed by atoms with van der Waals surface area (Å²) in [5, 5.41) is 2.40. The zero-order chi connectivity index (χ0) is 18.9. The molecular weight excluding hydrogens is 385 g/mol. The molecule has 1 N–H and O–H groups in total. The van der Waals surface area contributed by atoms with Crippen molar-refractivity contribution in [2.45, 2.75) is 6.18 Å². The fourth-order valence-electron chi connectivity index (χ4n) is 2.26. The van der Waals surface area contributed by atoms with Gasteiger partial charge in [0.2, 0.25) is 10.0 Å². The Morgan fingerprint density at radius 1 is 0.962 bits per heavy atom. The van der Waals surface area contributed by atoms with E-state index < -0.39 is 21.8 Å². The molecule has 0 aliphatic heterocycles. The van der Waals surface area contributed by atoms with Crippen molar-refractivity contribution in [2.75, 3.05) is 11.0 Å². The van der Waals surface area contributed by atoms with Gasteiger partial charge >= 0.3 is 6.18 Å². The molecule has 0 radical (unpaired) electrons. The Labute approximate surface area is 152 Å². The molecule has 1 heterocycles. The quantitative estimate of drug-likeness (QED) is 0.682. The minimum atomic E-state index is -4.37. The molecule has 9 heteroatoms. The summed E-state index contributed by atoms with van der Waals surface area (Å²) in [6, 6.07) is 11.5. The van der Waals surface area contributed by atoms with Crippen LogP contribution in [0.25, 0.3) is 21.8 Å². The third-order valence-corrected chi connectivity index (χ3v) is 4.95. The average molecular weight is 398 g/mol. The molecule has 1 aromatic heterocycles. The Morgan fingerprint density at radius 2 is 1.54 bits per heavy atom. The minimum absolute atomic E-state index is 0.439. The normalized spacial score (nSPS) is 12.2. The van der Waals surface area contributed by atoms with Gasteiger partial charge in [0.1, 0.15) is 5.01 Å². The van der Waals surface area contributed by atoms with Gasteiger partial charge in [0, 0.05) is 22.2 Å². The highest BCUT2D eigenvalue weighted by Gasteiger charge is 2.30. The van der Waals surface area contributed by atoms with Gasteiger partial charge in [-0.3, -0.25) is 4.72 Å². The summed E-state index contributed by atoms with van der Waals surface area (Å²) in [5.41, 5.74) is 1.78. The maximum atomic E-state index is 12.6. The van der Waals surface area contributed by atoms with Crippen molar-refractivity contribution in [3.05, 3.63) is 59.5 Å². The van der Waals surface area contributed by atoms with E-state index in [-0.39, 0.29) is 0 Å². The molecule has 3 rings (SSSR count). The summed E-state index contributed by atoms with van der Waals surface area (Å²) in [6.45, 7) is 0. The van der Waals surface area contributed by atoms with Crippen LogP contribution in [0.15, 0.2) is 53.9 Å². The highest BCUT2D eigenvalue weighted by molar-refractivity contribution is 7.92. The van der Waals surface area contributed by atoms with Gasteiger partial charge in [0.25, 0.3) is 0 Å². The lowest BCUT2D eigenvalue weighted by Gasteiger charge is -2.06. The van der Waals surface area contributed by atoms with Crippen LogP contribution in [0, 0.1) is 0 Å². The molecule has 0 aliphatic rings. The van der Waals surface area contributed by atoms with Gasteiger partial charge < -0.3 is 0 Å². The molecule has 0 aliphatic carbocycles. The molecule has 0 unspecified atom stereocenters. The Bertz CT molecular complexity index is 1010. The molecule has 0 saturated heterocycles. The summed E-state index contributed by atoms with van der Waals surface area (Å²) >= 11 is 1.32. The first-order valence-electron chi connectivity index (χ1n) is 7.33. The second kappa shape index (κ2) is 6.73. The van der Waals surface area contributed by atoms with Gasteiger partial charge in [-0.1, -0.05) is 24.3 Å². The number of sulfonamides is 1. The second-order valence-corrected chi connectivity index (χ2v) is 8.17. The minimum Gasteiger partial charge on any atom is -0.284 e. The van der Waals surface area contributed by atoms with Crippen molar-refractivity contribution >= 4 is 27.0 Å². The van der Waals surface area contributed by atoms with Gasteiger partial charge in [0.05, 0.1) is 17.5 Å². The van der Waals surface area contributed by atoms with E-state index in [2.05, 4.69) is 9.71 Å². The van der Waals surface area contributed by atoms with Crippen molar-refractivity contribution in [2.24, 2.45) is 0 Å². The molecular formula is C17H13F3N2O2S2. The Balaban J connectivity index is 1.81. The fourth-order valence-corrected chi connectivity index (χ4v) is 3.66. The van der Waals surface area contributed by atoms with Crippen LogP contribution in [0.4, 0.5) is 18.9 Å². The number of aromatic nitrogens is 1. The smallest absolute Gasteiger partial charge is 0.284 e. The molecule has 3 aromatic rings. The van der Waals surface area contributed by atoms with Crippen LogP contribution < -0.4 is 4.72 Å². The summed E-state index contributed by atoms with van der Waals surface area (Å²) in [5.74, 6) is 0. The molecule has 136 valence electrons. The van der Waals surface area contributed by atoms with Crippen LogP contribution in [0.3, 0.4) is 0 Å². The number of hydrogen-bond donors (Lipinski definition) is 1. The Hall–Kier alpha value is -2.39. The van der Waals surface area contributed by atoms with Crippen LogP contribution in [0.5, 0.6) is 0 Å². The van der Waals surface area contributed by atoms with Crippen LogP contribution in [0.1, 0.15) is 5.56 Å². The van der Waals surface area contributed by atoms with E-state index >= 15 is 0 Å². The first-order chi connectivity index (χ1) is 12.1. The lowest BCUT2D eigenvalue weighted by atomic mass is 10.1. The number of nitrogens with one attached hydrogen (secondary N) is 1. The van der Waals surface area contributed by atoms with E-state index in [1.165, 1.54) is 23.5 Å². The number of halogens is 3. The molecule has 0 bridgehead atoms. The Kier molecular flexibility index (Phi) is 4.76. The summed E-state index contributed by atoms with van der Waals surface area (Å²) in [4.78, 5) is 4.45. The molecule has 0 spiro atoms. The Morgan fingerprint density at radius 3 is 2.08 bits per heavy atom. The lowest BCUT2D eigenvalue weighted by Crippen LogP contribution is -2.09. The maximum Gasteiger partial charge on any atom is 0.416 e. The molecule has 0 saturated carbocycles. The van der Waals surface area contributed by atoms with Gasteiger partial charge in [-0.25, -0.2) is 13.4 Å². The van der Waals surface area contributed by atoms with E-state index in [0.717, 1.165) is 24.0 Å². The fraction of sp³-hybridized carbons (Fsp3) is 0.118. The van der Waals surface area contributed by atoms with Crippen LogP contribution in [-0.2, 0) is 16.2 Å². The molecule has 4 nitrogen and oxygen atoms in total. The lowest BCUT2D eigenvalue weighted by molar-refractivity contribution is -0.137. The van der Waals surface area contributed by atoms with E-state index in [0.29, 0.717) is 22.0 Å². The molecule has 0 atom stereocenters. The van der Waals surface area contributed by atoms with Crippen LogP contribution in [-0.4, -0.2) is 19.7 Å². The summed E-state index contributed by atoms with van der Waals surface area (Å²) < 4.78 is 62.7. The summed E-state index contributed by atoms with van der Waals surface area (Å²) in [6.07, 6.45) is -3.30. The number of rotatable bonds is 4. The topological polar surface area (TPSA) is 59.1 Å². The van der Waals surface area contributed by atoms with E-state index in [1.807, 2.05) is 0 Å². The number of benzene rings is 2. The zero-order valence-corrected chi connectivity index (χ0v) is 15.0. The molecule has 2 aromatic carbocycles. The van der Waals surface area contributed by atoms with Crippen molar-refractivity contribution in [1.29, 1.82) is 0 Å². The maximum absolute atomic E-state index is 12.6. The van der Waals surface area contributed by atoms with Gasteiger partial charge in [0.15, 0.2) is 0 Å². The number of nitrogens with zero attached hydrogens (tertiary/aromatic N) is 1. The first-order valence-corrected chi connectivity index (χ1v) is 10.1. The van der Waals surface area contributed by atoms with Crippen LogP contribution >= 0.6 is 11.3 Å². The number of alkyl halides is 3. The third-order valence-electron chi connectivity index (χ3n) is 3.45. The van der Waals surface area contributed by atoms with E-state index in [1.54, 1.807) is 29.6 Å². The first kappa shape index (κ1) is 18.4. The largest absolute Gasteiger partial charge is 0.416 e. The van der Waals surface area contributed by atoms with E-state index in [9.17, 15) is 21.6 Å². The highest BCUT2D eigenvalue weighted by Crippen LogP contribution is 2.33. The van der Waals surface area contributed by atoms with Crippen molar-refractivity contribution < 1.29 is 21.6 Å². The third kappa shape index (κ3) is 4.41. The van der Waals surface area contributed by atoms with E-state index in [4.69, 9.17) is 0 Å². The average Bonchev–Trinajstić information content (AvgIpc) is 3.03. The van der Waals surface area contributed by atoms with Crippen molar-refractivity contribution in [3.8, 4) is 21.8 Å². The van der Waals surface area contributed by atoms with Gasteiger partial charge in [-0.15, -0.1) is 11.3 Å². The predicted octanol–water partition coefficient (Wildman–Crippen LogP) is 4.87. The highest BCUT2D eigenvalue weighted by atomic mass is 32.2. The SMILES string of the molecule is CS(=O)(=O)Nc1ccc(-c2csc(-c3ccc(C(F)(F)F)cc3)n2)cc1. The molecule has 0 amide bonds. The standard InChI is InChI=1S/C17H13F3N2O2S2/c1-26(23,24)22-14-8-4-11(5-9-14)15-10-25-16(21-15)12-2-6-13(7-3-12)17(18,19)20/h2-10,22H,1H3. The van der Waals surface area contributed by atoms with Crippen LogP contribution in [0.2, 0.25) is 0 Å². The predicted molar refractivity (Wildman–Crippen MR) is 96.5 cm³/mol. The number of anilines is 1. The summed E-state index contributed by atoms with van der Waals surface area (Å²) in [7, 11) is -3.34. The van der Waals surface area contributed by atoms with Crippen molar-refractivity contribution in [1.82, 2.24) is 4.98 Å². The molecule has 26 heavy (non-hydrogen) atoms. The monoisotopic (exact) mass is 398 g/mol. The number of thiazole rings is 1.